The van der Waals surface area contributed by atoms with Crippen molar-refractivity contribution in [2.45, 2.75) is 18.9 Å². The average molecular weight is 147 g/mol. The molecule has 0 bridgehead atoms. The number of hydrogen-bond acceptors (Lipinski definition) is 1. The zero-order valence-electron chi connectivity index (χ0n) is 6.75. The Bertz CT molecular complexity index is 230. The van der Waals surface area contributed by atoms with Crippen molar-refractivity contribution < 1.29 is 0 Å². The Morgan fingerprint density at radius 3 is 2.45 bits per heavy atom. The molecular formula is C10H13N. The zero-order valence-corrected chi connectivity index (χ0v) is 6.75. The van der Waals surface area contributed by atoms with Crippen LogP contribution in [0, 0.1) is 0 Å². The summed E-state index contributed by atoms with van der Waals surface area (Å²) >= 11 is 0. The van der Waals surface area contributed by atoms with Crippen LogP contribution in [0.15, 0.2) is 30.3 Å². The molecule has 1 nitrogen and oxygen atoms in total. The summed E-state index contributed by atoms with van der Waals surface area (Å²) in [6, 6.07) is 11.4. The Labute approximate surface area is 67.4 Å². The van der Waals surface area contributed by atoms with Crippen molar-refractivity contribution in [3.05, 3.63) is 35.9 Å². The summed E-state index contributed by atoms with van der Waals surface area (Å²) in [4.78, 5) is 0. The Hall–Kier alpha value is -0.820. The lowest BCUT2D eigenvalue weighted by Crippen LogP contribution is -2.48. The smallest absolute Gasteiger partial charge is 0.0120 e. The topological polar surface area (TPSA) is 12.0 Å². The highest BCUT2D eigenvalue weighted by Crippen LogP contribution is 2.24. The van der Waals surface area contributed by atoms with Crippen molar-refractivity contribution in [2.24, 2.45) is 0 Å². The van der Waals surface area contributed by atoms with Crippen molar-refractivity contribution in [1.82, 2.24) is 5.32 Å². The quantitative estimate of drug-likeness (QED) is 0.638. The standard InChI is InChI=1S/C10H13N/c1-8-10(7-11-8)9-5-3-2-4-6-9/h2-6,8,10-11H,7H2,1H3. The minimum atomic E-state index is 0.664. The largest absolute Gasteiger partial charge is 0.313 e. The summed E-state index contributed by atoms with van der Waals surface area (Å²) in [7, 11) is 0. The fourth-order valence-electron chi connectivity index (χ4n) is 1.58. The molecular weight excluding hydrogens is 134 g/mol. The molecule has 2 atom stereocenters. The Kier molecular flexibility index (Phi) is 1.66. The van der Waals surface area contributed by atoms with Gasteiger partial charge >= 0.3 is 0 Å². The molecule has 1 aliphatic rings. The van der Waals surface area contributed by atoms with Crippen molar-refractivity contribution in [3.8, 4) is 0 Å². The van der Waals surface area contributed by atoms with E-state index < -0.39 is 0 Å². The Morgan fingerprint density at radius 2 is 2.00 bits per heavy atom. The number of hydrogen-bond donors (Lipinski definition) is 1. The molecule has 1 aliphatic heterocycles. The lowest BCUT2D eigenvalue weighted by molar-refractivity contribution is 0.334. The first-order valence-corrected chi connectivity index (χ1v) is 4.16. The normalized spacial score (nSPS) is 29.5. The van der Waals surface area contributed by atoms with E-state index in [9.17, 15) is 0 Å². The molecule has 1 N–H and O–H groups in total. The predicted octanol–water partition coefficient (Wildman–Crippen LogP) is 1.76. The molecule has 1 aromatic rings. The van der Waals surface area contributed by atoms with Crippen molar-refractivity contribution in [1.29, 1.82) is 0 Å². The molecule has 0 radical (unpaired) electrons. The van der Waals surface area contributed by atoms with E-state index in [2.05, 4.69) is 42.6 Å². The molecule has 1 saturated heterocycles. The maximum atomic E-state index is 3.36. The molecule has 58 valence electrons. The highest BCUT2D eigenvalue weighted by Gasteiger charge is 2.26. The lowest BCUT2D eigenvalue weighted by Gasteiger charge is -2.35. The molecule has 1 aromatic carbocycles. The second kappa shape index (κ2) is 2.67. The van der Waals surface area contributed by atoms with Gasteiger partial charge in [0.05, 0.1) is 0 Å². The summed E-state index contributed by atoms with van der Waals surface area (Å²) in [5.74, 6) is 0.746. The Morgan fingerprint density at radius 1 is 1.27 bits per heavy atom. The molecule has 0 aliphatic carbocycles. The van der Waals surface area contributed by atoms with Crippen molar-refractivity contribution in [3.63, 3.8) is 0 Å². The number of rotatable bonds is 1. The van der Waals surface area contributed by atoms with Gasteiger partial charge in [0.15, 0.2) is 0 Å². The average Bonchev–Trinajstić information content (AvgIpc) is 2.04. The highest BCUT2D eigenvalue weighted by molar-refractivity contribution is 5.24. The molecule has 2 unspecified atom stereocenters. The molecule has 0 amide bonds. The summed E-state index contributed by atoms with van der Waals surface area (Å²) in [6.07, 6.45) is 0. The maximum Gasteiger partial charge on any atom is 0.0120 e. The first-order chi connectivity index (χ1) is 5.38. The van der Waals surface area contributed by atoms with Gasteiger partial charge in [-0.15, -0.1) is 0 Å². The molecule has 0 aromatic heterocycles. The number of nitrogens with one attached hydrogen (secondary N) is 1. The van der Waals surface area contributed by atoms with E-state index >= 15 is 0 Å². The van der Waals surface area contributed by atoms with Crippen LogP contribution in [0.3, 0.4) is 0 Å². The molecule has 2 rings (SSSR count). The van der Waals surface area contributed by atoms with Gasteiger partial charge in [0.1, 0.15) is 0 Å². The van der Waals surface area contributed by atoms with Gasteiger partial charge in [0.25, 0.3) is 0 Å². The second-order valence-corrected chi connectivity index (χ2v) is 3.21. The molecule has 11 heavy (non-hydrogen) atoms. The van der Waals surface area contributed by atoms with E-state index in [1.54, 1.807) is 0 Å². The van der Waals surface area contributed by atoms with E-state index in [-0.39, 0.29) is 0 Å². The third kappa shape index (κ3) is 1.16. The van der Waals surface area contributed by atoms with Crippen LogP contribution in [0.25, 0.3) is 0 Å². The minimum Gasteiger partial charge on any atom is -0.313 e. The van der Waals surface area contributed by atoms with Gasteiger partial charge < -0.3 is 5.32 Å². The first-order valence-electron chi connectivity index (χ1n) is 4.16. The van der Waals surface area contributed by atoms with Gasteiger partial charge in [-0.2, -0.15) is 0 Å². The first kappa shape index (κ1) is 6.86. The SMILES string of the molecule is CC1NCC1c1ccccc1. The van der Waals surface area contributed by atoms with E-state index in [0.717, 1.165) is 12.5 Å². The van der Waals surface area contributed by atoms with E-state index in [0.29, 0.717) is 6.04 Å². The molecule has 1 fully saturated rings. The summed E-state index contributed by atoms with van der Waals surface area (Å²) in [6.45, 7) is 3.38. The molecule has 0 saturated carbocycles. The van der Waals surface area contributed by atoms with Crippen LogP contribution < -0.4 is 5.32 Å². The zero-order chi connectivity index (χ0) is 7.68. The predicted molar refractivity (Wildman–Crippen MR) is 46.6 cm³/mol. The molecule has 1 heterocycles. The van der Waals surface area contributed by atoms with Gasteiger partial charge in [0.2, 0.25) is 0 Å². The van der Waals surface area contributed by atoms with Crippen LogP contribution in [0.1, 0.15) is 18.4 Å². The van der Waals surface area contributed by atoms with Crippen molar-refractivity contribution >= 4 is 0 Å². The van der Waals surface area contributed by atoms with Gasteiger partial charge in [-0.1, -0.05) is 30.3 Å². The fraction of sp³-hybridized carbons (Fsp3) is 0.400. The summed E-state index contributed by atoms with van der Waals surface area (Å²) in [5.41, 5.74) is 1.47. The van der Waals surface area contributed by atoms with Crippen molar-refractivity contribution in [2.75, 3.05) is 6.54 Å². The molecule has 1 heteroatoms. The fourth-order valence-corrected chi connectivity index (χ4v) is 1.58. The van der Waals surface area contributed by atoms with Crippen LogP contribution in [-0.2, 0) is 0 Å². The highest BCUT2D eigenvalue weighted by atomic mass is 15.0. The van der Waals surface area contributed by atoms with E-state index in [1.807, 2.05) is 0 Å². The number of benzene rings is 1. The van der Waals surface area contributed by atoms with E-state index in [4.69, 9.17) is 0 Å². The van der Waals surface area contributed by atoms with E-state index in [1.165, 1.54) is 5.56 Å². The van der Waals surface area contributed by atoms with Crippen LogP contribution in [-0.4, -0.2) is 12.6 Å². The van der Waals surface area contributed by atoms with Gasteiger partial charge in [0, 0.05) is 18.5 Å². The molecule has 0 spiro atoms. The van der Waals surface area contributed by atoms with Crippen LogP contribution >= 0.6 is 0 Å². The maximum absolute atomic E-state index is 3.36. The van der Waals surface area contributed by atoms with Crippen LogP contribution in [0.5, 0.6) is 0 Å². The third-order valence-corrected chi connectivity index (χ3v) is 2.49. The van der Waals surface area contributed by atoms with Gasteiger partial charge in [-0.3, -0.25) is 0 Å². The monoisotopic (exact) mass is 147 g/mol. The Balaban J connectivity index is 2.17. The minimum absolute atomic E-state index is 0.664. The lowest BCUT2D eigenvalue weighted by atomic mass is 9.86. The van der Waals surface area contributed by atoms with Gasteiger partial charge in [-0.25, -0.2) is 0 Å². The summed E-state index contributed by atoms with van der Waals surface area (Å²) in [5, 5.41) is 3.36. The van der Waals surface area contributed by atoms with Crippen LogP contribution in [0.2, 0.25) is 0 Å². The third-order valence-electron chi connectivity index (χ3n) is 2.49. The second-order valence-electron chi connectivity index (χ2n) is 3.21. The van der Waals surface area contributed by atoms with Crippen LogP contribution in [0.4, 0.5) is 0 Å². The van der Waals surface area contributed by atoms with Gasteiger partial charge in [-0.05, 0) is 12.5 Å². The summed E-state index contributed by atoms with van der Waals surface area (Å²) < 4.78 is 0.